The number of nitrogens with one attached hydrogen (secondary N) is 2. The van der Waals surface area contributed by atoms with E-state index in [1.165, 1.54) is 6.07 Å². The molecule has 9 heteroatoms. The van der Waals surface area contributed by atoms with E-state index in [0.717, 1.165) is 23.3 Å². The molecular weight excluding hydrogens is 454 g/mol. The van der Waals surface area contributed by atoms with Crippen LogP contribution in [0.1, 0.15) is 0 Å². The van der Waals surface area contributed by atoms with Crippen LogP contribution in [0.2, 0.25) is 0 Å². The zero-order valence-corrected chi connectivity index (χ0v) is 18.8. The van der Waals surface area contributed by atoms with Gasteiger partial charge in [0.2, 0.25) is 5.91 Å². The molecule has 0 aromatic heterocycles. The highest BCUT2D eigenvalue weighted by Crippen LogP contribution is 2.32. The van der Waals surface area contributed by atoms with E-state index in [1.54, 1.807) is 4.90 Å². The van der Waals surface area contributed by atoms with E-state index < -0.39 is 17.7 Å². The third kappa shape index (κ3) is 5.09. The number of carbonyl (C=O) groups is 2. The monoisotopic (exact) mass is 478 g/mol. The minimum Gasteiger partial charge on any atom is -0.490 e. The zero-order valence-electron chi connectivity index (χ0n) is 18.8. The zero-order chi connectivity index (χ0) is 24.4. The molecule has 3 aromatic carbocycles. The molecule has 35 heavy (non-hydrogen) atoms. The van der Waals surface area contributed by atoms with Gasteiger partial charge >= 0.3 is 6.03 Å². The first kappa shape index (κ1) is 22.8. The smallest absolute Gasteiger partial charge is 0.321 e. The molecule has 0 bridgehead atoms. The number of fused-ring (bicyclic) bond motifs is 2. The Kier molecular flexibility index (Phi) is 6.33. The molecule has 3 aromatic rings. The van der Waals surface area contributed by atoms with E-state index in [9.17, 15) is 18.4 Å². The number of rotatable bonds is 2. The summed E-state index contributed by atoms with van der Waals surface area (Å²) in [6.45, 7) is 1.62. The van der Waals surface area contributed by atoms with Gasteiger partial charge in [-0.15, -0.1) is 0 Å². The number of benzene rings is 3. The quantitative estimate of drug-likeness (QED) is 0.580. The summed E-state index contributed by atoms with van der Waals surface area (Å²) >= 11 is 0. The van der Waals surface area contributed by atoms with Crippen LogP contribution in [-0.4, -0.2) is 60.6 Å². The molecule has 2 N–H and O–H groups in total. The van der Waals surface area contributed by atoms with Crippen molar-refractivity contribution in [2.45, 2.75) is 6.04 Å². The van der Waals surface area contributed by atoms with Gasteiger partial charge < -0.3 is 20.3 Å². The van der Waals surface area contributed by atoms with Gasteiger partial charge in [-0.1, -0.05) is 36.4 Å². The molecule has 180 valence electrons. The third-order valence-electron chi connectivity index (χ3n) is 6.20. The maximum atomic E-state index is 13.5. The number of nitrogens with zero attached hydrogens (tertiary/aromatic N) is 2. The molecule has 2 aliphatic heterocycles. The predicted octanol–water partition coefficient (Wildman–Crippen LogP) is 4.18. The van der Waals surface area contributed by atoms with Gasteiger partial charge in [0.25, 0.3) is 0 Å². The van der Waals surface area contributed by atoms with Crippen molar-refractivity contribution in [1.29, 1.82) is 0 Å². The Balaban J connectivity index is 1.30. The lowest BCUT2D eigenvalue weighted by molar-refractivity contribution is -0.118. The summed E-state index contributed by atoms with van der Waals surface area (Å²) in [5, 5.41) is 5.56. The molecule has 3 amide bonds. The highest BCUT2D eigenvalue weighted by atomic mass is 19.2. The summed E-state index contributed by atoms with van der Waals surface area (Å²) in [6.07, 6.45) is 0. The maximum absolute atomic E-state index is 13.5. The second-order valence-electron chi connectivity index (χ2n) is 8.57. The van der Waals surface area contributed by atoms with E-state index in [2.05, 4.69) is 10.6 Å². The highest BCUT2D eigenvalue weighted by molar-refractivity contribution is 5.95. The summed E-state index contributed by atoms with van der Waals surface area (Å²) in [5.74, 6) is -1.61. The average molecular weight is 478 g/mol. The van der Waals surface area contributed by atoms with Gasteiger partial charge in [0.05, 0.1) is 18.3 Å². The Morgan fingerprint density at radius 3 is 2.60 bits per heavy atom. The fraction of sp³-hybridized carbons (Fsp3) is 0.231. The number of ether oxygens (including phenoxy) is 1. The number of amides is 3. The lowest BCUT2D eigenvalue weighted by Crippen LogP contribution is -2.58. The van der Waals surface area contributed by atoms with E-state index in [0.29, 0.717) is 31.1 Å². The minimum absolute atomic E-state index is 0.161. The molecule has 1 saturated heterocycles. The van der Waals surface area contributed by atoms with Gasteiger partial charge in [-0.3, -0.25) is 9.69 Å². The van der Waals surface area contributed by atoms with Crippen LogP contribution in [-0.2, 0) is 4.79 Å². The van der Waals surface area contributed by atoms with Gasteiger partial charge in [0.15, 0.2) is 11.6 Å². The second kappa shape index (κ2) is 9.71. The van der Waals surface area contributed by atoms with E-state index in [-0.39, 0.29) is 30.8 Å². The molecule has 1 fully saturated rings. The number of hydrogen-bond donors (Lipinski definition) is 2. The number of hydrogen-bond acceptors (Lipinski definition) is 4. The Morgan fingerprint density at radius 1 is 0.971 bits per heavy atom. The standard InChI is InChI=1S/C26H24F2N4O3/c27-21-8-7-19(13-22(21)28)29-26(34)32-11-10-31-15-25(33)30-23-12-18(17-4-2-1-3-5-17)6-9-24(23)35-16-20(31)14-32/h1-9,12-13,20H,10-11,14-16H2,(H,29,34)(H,30,33)/t20-/m0/s1. The first-order valence-corrected chi connectivity index (χ1v) is 11.3. The molecule has 2 heterocycles. The molecule has 2 aliphatic rings. The van der Waals surface area contributed by atoms with E-state index in [4.69, 9.17) is 4.74 Å². The second-order valence-corrected chi connectivity index (χ2v) is 8.57. The molecule has 0 aliphatic carbocycles. The van der Waals surface area contributed by atoms with Crippen LogP contribution < -0.4 is 15.4 Å². The van der Waals surface area contributed by atoms with Gasteiger partial charge in [-0.2, -0.15) is 0 Å². The van der Waals surface area contributed by atoms with Crippen molar-refractivity contribution in [3.63, 3.8) is 0 Å². The Hall–Kier alpha value is -3.98. The summed E-state index contributed by atoms with van der Waals surface area (Å²) < 4.78 is 32.8. The topological polar surface area (TPSA) is 73.9 Å². The SMILES string of the molecule is O=C1CN2CCN(C(=O)Nc3ccc(F)c(F)c3)C[C@H]2COc2ccc(-c3ccccc3)cc2N1. The number of carbonyl (C=O) groups excluding carboxylic acids is 2. The van der Waals surface area contributed by atoms with Crippen molar-refractivity contribution < 1.29 is 23.1 Å². The lowest BCUT2D eigenvalue weighted by Gasteiger charge is -2.40. The Labute approximate surface area is 201 Å². The first-order chi connectivity index (χ1) is 17.0. The van der Waals surface area contributed by atoms with Gasteiger partial charge in [-0.05, 0) is 35.4 Å². The first-order valence-electron chi connectivity index (χ1n) is 11.3. The van der Waals surface area contributed by atoms with Crippen LogP contribution >= 0.6 is 0 Å². The number of halogens is 2. The molecule has 0 spiro atoms. The minimum atomic E-state index is -1.03. The third-order valence-corrected chi connectivity index (χ3v) is 6.20. The number of anilines is 2. The highest BCUT2D eigenvalue weighted by Gasteiger charge is 2.32. The number of urea groups is 1. The van der Waals surface area contributed by atoms with E-state index in [1.807, 2.05) is 53.4 Å². The van der Waals surface area contributed by atoms with Crippen LogP contribution in [0.25, 0.3) is 11.1 Å². The van der Waals surface area contributed by atoms with Crippen molar-refractivity contribution >= 4 is 23.3 Å². The molecule has 7 nitrogen and oxygen atoms in total. The van der Waals surface area contributed by atoms with Crippen LogP contribution in [0.15, 0.2) is 66.7 Å². The Bertz CT molecular complexity index is 1250. The Morgan fingerprint density at radius 2 is 1.80 bits per heavy atom. The van der Waals surface area contributed by atoms with Crippen LogP contribution in [0, 0.1) is 11.6 Å². The number of piperazine rings is 1. The van der Waals surface area contributed by atoms with Crippen molar-refractivity contribution in [3.05, 3.63) is 78.4 Å². The molecular formula is C26H24F2N4O3. The predicted molar refractivity (Wildman–Crippen MR) is 128 cm³/mol. The average Bonchev–Trinajstić information content (AvgIpc) is 2.92. The van der Waals surface area contributed by atoms with Crippen molar-refractivity contribution in [2.24, 2.45) is 0 Å². The van der Waals surface area contributed by atoms with E-state index >= 15 is 0 Å². The molecule has 0 unspecified atom stereocenters. The molecule has 5 rings (SSSR count). The van der Waals surface area contributed by atoms with Crippen LogP contribution in [0.3, 0.4) is 0 Å². The van der Waals surface area contributed by atoms with Crippen molar-refractivity contribution in [1.82, 2.24) is 9.80 Å². The van der Waals surface area contributed by atoms with Gasteiger partial charge in [0, 0.05) is 31.4 Å². The molecule has 0 radical (unpaired) electrons. The largest absolute Gasteiger partial charge is 0.490 e. The van der Waals surface area contributed by atoms with Gasteiger partial charge in [-0.25, -0.2) is 13.6 Å². The summed E-state index contributed by atoms with van der Waals surface area (Å²) in [7, 11) is 0. The molecule has 0 saturated carbocycles. The van der Waals surface area contributed by atoms with Gasteiger partial charge in [0.1, 0.15) is 12.4 Å². The lowest BCUT2D eigenvalue weighted by atomic mass is 10.0. The fourth-order valence-corrected chi connectivity index (χ4v) is 4.34. The van der Waals surface area contributed by atoms with Crippen molar-refractivity contribution in [2.75, 3.05) is 43.4 Å². The summed E-state index contributed by atoms with van der Waals surface area (Å²) in [5.41, 5.74) is 2.77. The maximum Gasteiger partial charge on any atom is 0.321 e. The van der Waals surface area contributed by atoms with Crippen LogP contribution in [0.5, 0.6) is 5.75 Å². The normalized spacial score (nSPS) is 18.2. The molecule has 1 atom stereocenters. The summed E-state index contributed by atoms with van der Waals surface area (Å²) in [4.78, 5) is 29.1. The van der Waals surface area contributed by atoms with Crippen LogP contribution in [0.4, 0.5) is 25.0 Å². The summed E-state index contributed by atoms with van der Waals surface area (Å²) in [6, 6.07) is 18.1. The fourth-order valence-electron chi connectivity index (χ4n) is 4.34. The van der Waals surface area contributed by atoms with Crippen molar-refractivity contribution in [3.8, 4) is 16.9 Å².